The van der Waals surface area contributed by atoms with E-state index >= 15 is 0 Å². The number of carboxylic acids is 1. The molecule has 0 atom stereocenters. The van der Waals surface area contributed by atoms with E-state index in [1.165, 1.54) is 12.1 Å². The summed E-state index contributed by atoms with van der Waals surface area (Å²) in [5, 5.41) is 9.43. The molecule has 0 radical (unpaired) electrons. The zero-order valence-corrected chi connectivity index (χ0v) is 9.08. The lowest BCUT2D eigenvalue weighted by atomic mass is 10.0. The fourth-order valence-corrected chi connectivity index (χ4v) is 1.94. The Balaban J connectivity index is 3.01. The molecule has 4 nitrogen and oxygen atoms in total. The number of H-pyrrole nitrogens is 1. The van der Waals surface area contributed by atoms with Gasteiger partial charge in [-0.1, -0.05) is 19.1 Å². The molecule has 0 fully saturated rings. The number of benzene rings is 1. The van der Waals surface area contributed by atoms with Gasteiger partial charge in [-0.2, -0.15) is 0 Å². The first kappa shape index (κ1) is 11.3. The maximum absolute atomic E-state index is 13.5. The van der Waals surface area contributed by atoms with Crippen LogP contribution in [0.1, 0.15) is 22.8 Å². The third kappa shape index (κ3) is 1.69. The molecule has 88 valence electrons. The predicted molar refractivity (Wildman–Crippen MR) is 60.9 cm³/mol. The van der Waals surface area contributed by atoms with Crippen LogP contribution in [0.25, 0.3) is 10.9 Å². The molecule has 0 bridgehead atoms. The van der Waals surface area contributed by atoms with Gasteiger partial charge in [-0.15, -0.1) is 0 Å². The fraction of sp³-hybridized carbons (Fsp3) is 0.167. The molecule has 5 heteroatoms. The Bertz CT molecular complexity index is 661. The molecule has 0 saturated heterocycles. The molecule has 17 heavy (non-hydrogen) atoms. The van der Waals surface area contributed by atoms with Gasteiger partial charge in [0.2, 0.25) is 0 Å². The zero-order valence-electron chi connectivity index (χ0n) is 9.08. The number of aromatic amines is 1. The number of hydrogen-bond acceptors (Lipinski definition) is 2. The van der Waals surface area contributed by atoms with Gasteiger partial charge in [0.25, 0.3) is 5.56 Å². The van der Waals surface area contributed by atoms with Crippen molar-refractivity contribution in [2.24, 2.45) is 0 Å². The molecule has 0 aliphatic heterocycles. The first-order valence-electron chi connectivity index (χ1n) is 5.13. The normalized spacial score (nSPS) is 10.7. The number of nitrogens with one attached hydrogen (secondary N) is 1. The van der Waals surface area contributed by atoms with Gasteiger partial charge in [0.05, 0.1) is 5.52 Å². The summed E-state index contributed by atoms with van der Waals surface area (Å²) >= 11 is 0. The zero-order chi connectivity index (χ0) is 12.6. The fourth-order valence-electron chi connectivity index (χ4n) is 1.94. The molecule has 0 amide bonds. The lowest BCUT2D eigenvalue weighted by Gasteiger charge is -2.08. The molecule has 1 aromatic heterocycles. The molecule has 0 unspecified atom stereocenters. The number of halogens is 1. The SMILES string of the molecule is CCc1c(C(=O)O)c(=O)[nH]c2c(F)cccc12. The number of rotatable bonds is 2. The first-order chi connectivity index (χ1) is 8.06. The van der Waals surface area contributed by atoms with E-state index in [1.54, 1.807) is 13.0 Å². The number of carbonyl (C=O) groups is 1. The molecule has 1 aromatic carbocycles. The average molecular weight is 235 g/mol. The van der Waals surface area contributed by atoms with Crippen molar-refractivity contribution in [2.75, 3.05) is 0 Å². The van der Waals surface area contributed by atoms with Crippen LogP contribution in [0.2, 0.25) is 0 Å². The van der Waals surface area contributed by atoms with Gasteiger partial charge in [-0.3, -0.25) is 4.79 Å². The van der Waals surface area contributed by atoms with Gasteiger partial charge in [0.15, 0.2) is 0 Å². The Morgan fingerprint density at radius 2 is 2.18 bits per heavy atom. The van der Waals surface area contributed by atoms with Crippen LogP contribution in [0, 0.1) is 5.82 Å². The van der Waals surface area contributed by atoms with Crippen LogP contribution in [-0.2, 0) is 6.42 Å². The highest BCUT2D eigenvalue weighted by Gasteiger charge is 2.18. The summed E-state index contributed by atoms with van der Waals surface area (Å²) in [5.74, 6) is -1.86. The average Bonchev–Trinajstić information content (AvgIpc) is 2.28. The lowest BCUT2D eigenvalue weighted by Crippen LogP contribution is -2.21. The Kier molecular flexibility index (Phi) is 2.67. The van der Waals surface area contributed by atoms with Crippen LogP contribution in [0.5, 0.6) is 0 Å². The minimum atomic E-state index is -1.30. The second kappa shape index (κ2) is 4.01. The predicted octanol–water partition coefficient (Wildman–Crippen LogP) is 1.93. The second-order valence-electron chi connectivity index (χ2n) is 3.63. The molecule has 2 N–H and O–H groups in total. The molecule has 0 spiro atoms. The van der Waals surface area contributed by atoms with E-state index < -0.39 is 17.3 Å². The Hall–Kier alpha value is -2.17. The summed E-state index contributed by atoms with van der Waals surface area (Å²) in [4.78, 5) is 24.9. The number of aromatic carboxylic acids is 1. The van der Waals surface area contributed by atoms with E-state index in [0.29, 0.717) is 17.4 Å². The first-order valence-corrected chi connectivity index (χ1v) is 5.13. The van der Waals surface area contributed by atoms with Gasteiger partial charge in [-0.05, 0) is 18.1 Å². The van der Waals surface area contributed by atoms with E-state index in [1.807, 2.05) is 0 Å². The standard InChI is InChI=1S/C12H10FNO3/c1-2-6-7-4-3-5-8(13)10(7)14-11(15)9(6)12(16)17/h3-5H,2H2,1H3,(H,14,15)(H,16,17). The molecular formula is C12H10FNO3. The van der Waals surface area contributed by atoms with Crippen molar-refractivity contribution in [2.45, 2.75) is 13.3 Å². The van der Waals surface area contributed by atoms with Crippen LogP contribution in [-0.4, -0.2) is 16.1 Å². The number of pyridine rings is 1. The molecule has 1 heterocycles. The summed E-state index contributed by atoms with van der Waals surface area (Å²) in [7, 11) is 0. The van der Waals surface area contributed by atoms with E-state index in [9.17, 15) is 14.0 Å². The van der Waals surface area contributed by atoms with Crippen LogP contribution in [0.4, 0.5) is 4.39 Å². The topological polar surface area (TPSA) is 70.2 Å². The third-order valence-corrected chi connectivity index (χ3v) is 2.67. The maximum atomic E-state index is 13.5. The van der Waals surface area contributed by atoms with Gasteiger partial charge in [0.1, 0.15) is 11.4 Å². The quantitative estimate of drug-likeness (QED) is 0.835. The number of carboxylic acid groups (broad SMARTS) is 1. The highest BCUT2D eigenvalue weighted by molar-refractivity contribution is 5.96. The number of para-hydroxylation sites is 1. The summed E-state index contributed by atoms with van der Waals surface area (Å²) < 4.78 is 13.5. The third-order valence-electron chi connectivity index (χ3n) is 2.67. The molecule has 0 aliphatic carbocycles. The molecule has 0 aliphatic rings. The van der Waals surface area contributed by atoms with E-state index in [4.69, 9.17) is 5.11 Å². The summed E-state index contributed by atoms with van der Waals surface area (Å²) in [5.41, 5.74) is -0.673. The van der Waals surface area contributed by atoms with Crippen molar-refractivity contribution >= 4 is 16.9 Å². The summed E-state index contributed by atoms with van der Waals surface area (Å²) in [6, 6.07) is 4.30. The Morgan fingerprint density at radius 3 is 2.76 bits per heavy atom. The van der Waals surface area contributed by atoms with Crippen LogP contribution < -0.4 is 5.56 Å². The maximum Gasteiger partial charge on any atom is 0.341 e. The van der Waals surface area contributed by atoms with Gasteiger partial charge in [0, 0.05) is 5.39 Å². The smallest absolute Gasteiger partial charge is 0.341 e. The van der Waals surface area contributed by atoms with Crippen molar-refractivity contribution in [1.29, 1.82) is 0 Å². The number of aryl methyl sites for hydroxylation is 1. The Labute approximate surface area is 95.7 Å². The molecular weight excluding hydrogens is 225 g/mol. The van der Waals surface area contributed by atoms with Crippen LogP contribution >= 0.6 is 0 Å². The largest absolute Gasteiger partial charge is 0.477 e. The van der Waals surface area contributed by atoms with Crippen molar-refractivity contribution < 1.29 is 14.3 Å². The highest BCUT2D eigenvalue weighted by atomic mass is 19.1. The van der Waals surface area contributed by atoms with E-state index in [2.05, 4.69) is 4.98 Å². The highest BCUT2D eigenvalue weighted by Crippen LogP contribution is 2.21. The lowest BCUT2D eigenvalue weighted by molar-refractivity contribution is 0.0694. The van der Waals surface area contributed by atoms with E-state index in [-0.39, 0.29) is 11.1 Å². The number of hydrogen-bond donors (Lipinski definition) is 2. The van der Waals surface area contributed by atoms with Crippen molar-refractivity contribution in [3.05, 3.63) is 45.5 Å². The van der Waals surface area contributed by atoms with E-state index in [0.717, 1.165) is 0 Å². The minimum Gasteiger partial charge on any atom is -0.477 e. The van der Waals surface area contributed by atoms with Crippen molar-refractivity contribution in [1.82, 2.24) is 4.98 Å². The van der Waals surface area contributed by atoms with Crippen LogP contribution in [0.3, 0.4) is 0 Å². The summed E-state index contributed by atoms with van der Waals surface area (Å²) in [6.07, 6.45) is 0.353. The molecule has 2 rings (SSSR count). The summed E-state index contributed by atoms with van der Waals surface area (Å²) in [6.45, 7) is 1.73. The second-order valence-corrected chi connectivity index (χ2v) is 3.63. The monoisotopic (exact) mass is 235 g/mol. The number of fused-ring (bicyclic) bond motifs is 1. The van der Waals surface area contributed by atoms with Gasteiger partial charge < -0.3 is 10.1 Å². The van der Waals surface area contributed by atoms with Crippen molar-refractivity contribution in [3.8, 4) is 0 Å². The van der Waals surface area contributed by atoms with Crippen molar-refractivity contribution in [3.63, 3.8) is 0 Å². The van der Waals surface area contributed by atoms with Gasteiger partial charge >= 0.3 is 5.97 Å². The van der Waals surface area contributed by atoms with Crippen LogP contribution in [0.15, 0.2) is 23.0 Å². The van der Waals surface area contributed by atoms with Gasteiger partial charge in [-0.25, -0.2) is 9.18 Å². The minimum absolute atomic E-state index is 0.0550. The molecule has 0 saturated carbocycles. The Morgan fingerprint density at radius 1 is 1.47 bits per heavy atom. The molecule has 2 aromatic rings. The number of aromatic nitrogens is 1.